The van der Waals surface area contributed by atoms with Crippen molar-refractivity contribution in [1.82, 2.24) is 0 Å². The van der Waals surface area contributed by atoms with Gasteiger partial charge in [0.1, 0.15) is 0 Å². The Morgan fingerprint density at radius 2 is 1.71 bits per heavy atom. The summed E-state index contributed by atoms with van der Waals surface area (Å²) >= 11 is 1.95. The van der Waals surface area contributed by atoms with Crippen molar-refractivity contribution in [2.24, 2.45) is 5.41 Å². The molecule has 17 heavy (non-hydrogen) atoms. The van der Waals surface area contributed by atoms with E-state index < -0.39 is 0 Å². The van der Waals surface area contributed by atoms with Gasteiger partial charge in [-0.2, -0.15) is 0 Å². The molecule has 0 N–H and O–H groups in total. The van der Waals surface area contributed by atoms with Crippen LogP contribution in [-0.4, -0.2) is 0 Å². The van der Waals surface area contributed by atoms with E-state index in [-0.39, 0.29) is 5.41 Å². The molecule has 1 heteroatoms. The third-order valence-electron chi connectivity index (χ3n) is 4.62. The molecular formula is C16H22S. The van der Waals surface area contributed by atoms with Crippen LogP contribution in [0.4, 0.5) is 0 Å². The van der Waals surface area contributed by atoms with Crippen molar-refractivity contribution in [2.75, 3.05) is 0 Å². The van der Waals surface area contributed by atoms with Gasteiger partial charge in [0, 0.05) is 15.0 Å². The molecule has 1 aromatic heterocycles. The highest BCUT2D eigenvalue weighted by Crippen LogP contribution is 2.47. The highest BCUT2D eigenvalue weighted by Gasteiger charge is 2.37. The van der Waals surface area contributed by atoms with Crippen LogP contribution in [0.2, 0.25) is 0 Å². The van der Waals surface area contributed by atoms with E-state index in [4.69, 9.17) is 0 Å². The van der Waals surface area contributed by atoms with Crippen LogP contribution in [0.1, 0.15) is 45.9 Å². The van der Waals surface area contributed by atoms with Crippen LogP contribution in [-0.2, 0) is 5.41 Å². The van der Waals surface area contributed by atoms with Gasteiger partial charge in [0.2, 0.25) is 0 Å². The van der Waals surface area contributed by atoms with E-state index in [0.717, 1.165) is 0 Å². The quantitative estimate of drug-likeness (QED) is 0.660. The number of rotatable bonds is 3. The smallest absolute Gasteiger partial charge is 0.0345 e. The first kappa shape index (κ1) is 12.6. The van der Waals surface area contributed by atoms with Crippen molar-refractivity contribution in [3.8, 4) is 0 Å². The van der Waals surface area contributed by atoms with Crippen LogP contribution < -0.4 is 0 Å². The van der Waals surface area contributed by atoms with Crippen LogP contribution in [0.3, 0.4) is 0 Å². The molecule has 0 atom stereocenters. The SMILES string of the molecule is CCC(C)(C)C(C)(C)c1cc2ccccc2s1. The number of fused-ring (bicyclic) bond motifs is 1. The Balaban J connectivity index is 2.52. The van der Waals surface area contributed by atoms with Gasteiger partial charge in [-0.15, -0.1) is 11.3 Å². The second-order valence-corrected chi connectivity index (χ2v) is 7.09. The molecule has 0 aliphatic rings. The lowest BCUT2D eigenvalue weighted by molar-refractivity contribution is 0.193. The molecule has 0 radical (unpaired) electrons. The largest absolute Gasteiger partial charge is 0.140 e. The summed E-state index contributed by atoms with van der Waals surface area (Å²) < 4.78 is 1.41. The van der Waals surface area contributed by atoms with Gasteiger partial charge >= 0.3 is 0 Å². The first-order valence-electron chi connectivity index (χ1n) is 6.37. The highest BCUT2D eigenvalue weighted by atomic mass is 32.1. The molecule has 92 valence electrons. The highest BCUT2D eigenvalue weighted by molar-refractivity contribution is 7.19. The summed E-state index contributed by atoms with van der Waals surface area (Å²) in [6.45, 7) is 11.8. The van der Waals surface area contributed by atoms with E-state index in [9.17, 15) is 0 Å². The monoisotopic (exact) mass is 246 g/mol. The molecule has 0 nitrogen and oxygen atoms in total. The maximum Gasteiger partial charge on any atom is 0.0345 e. The molecule has 0 amide bonds. The summed E-state index contributed by atoms with van der Waals surface area (Å²) in [6, 6.07) is 11.1. The summed E-state index contributed by atoms with van der Waals surface area (Å²) in [7, 11) is 0. The molecule has 0 saturated heterocycles. The van der Waals surface area contributed by atoms with Gasteiger partial charge < -0.3 is 0 Å². The van der Waals surface area contributed by atoms with E-state index in [2.05, 4.69) is 65.0 Å². The van der Waals surface area contributed by atoms with Gasteiger partial charge in [-0.05, 0) is 22.9 Å². The minimum absolute atomic E-state index is 0.228. The lowest BCUT2D eigenvalue weighted by Crippen LogP contribution is -2.35. The van der Waals surface area contributed by atoms with E-state index in [1.807, 2.05) is 11.3 Å². The molecule has 2 aromatic rings. The molecule has 0 spiro atoms. The molecule has 0 aliphatic heterocycles. The van der Waals surface area contributed by atoms with Crippen molar-refractivity contribution in [3.63, 3.8) is 0 Å². The fourth-order valence-electron chi connectivity index (χ4n) is 2.07. The van der Waals surface area contributed by atoms with Crippen molar-refractivity contribution < 1.29 is 0 Å². The van der Waals surface area contributed by atoms with Gasteiger partial charge in [0.25, 0.3) is 0 Å². The van der Waals surface area contributed by atoms with Gasteiger partial charge in [0.05, 0.1) is 0 Å². The molecule has 0 unspecified atom stereocenters. The van der Waals surface area contributed by atoms with Crippen molar-refractivity contribution in [2.45, 2.75) is 46.5 Å². The first-order chi connectivity index (χ1) is 7.88. The Morgan fingerprint density at radius 3 is 2.29 bits per heavy atom. The number of hydrogen-bond acceptors (Lipinski definition) is 1. The second-order valence-electron chi connectivity index (χ2n) is 6.01. The van der Waals surface area contributed by atoms with E-state index in [0.29, 0.717) is 5.41 Å². The average molecular weight is 246 g/mol. The van der Waals surface area contributed by atoms with Gasteiger partial charge in [0.15, 0.2) is 0 Å². The molecule has 1 aromatic carbocycles. The zero-order chi connectivity index (χ0) is 12.7. The standard InChI is InChI=1S/C16H22S/c1-6-15(2,3)16(4,5)14-11-12-9-7-8-10-13(12)17-14/h7-11H,6H2,1-5H3. The van der Waals surface area contributed by atoms with Gasteiger partial charge in [-0.3, -0.25) is 0 Å². The summed E-state index contributed by atoms with van der Waals surface area (Å²) in [5.41, 5.74) is 0.555. The van der Waals surface area contributed by atoms with Crippen LogP contribution in [0, 0.1) is 5.41 Å². The minimum Gasteiger partial charge on any atom is -0.140 e. The maximum atomic E-state index is 2.38. The van der Waals surface area contributed by atoms with Crippen molar-refractivity contribution >= 4 is 21.4 Å². The molecule has 2 rings (SSSR count). The molecule has 0 aliphatic carbocycles. The van der Waals surface area contributed by atoms with E-state index >= 15 is 0 Å². The molecule has 1 heterocycles. The molecule has 0 bridgehead atoms. The second kappa shape index (κ2) is 4.13. The first-order valence-corrected chi connectivity index (χ1v) is 7.19. The Labute approximate surface area is 109 Å². The topological polar surface area (TPSA) is 0 Å². The van der Waals surface area contributed by atoms with Crippen LogP contribution in [0.25, 0.3) is 10.1 Å². The van der Waals surface area contributed by atoms with E-state index in [1.54, 1.807) is 0 Å². The lowest BCUT2D eigenvalue weighted by Gasteiger charge is -2.40. The third kappa shape index (κ3) is 2.01. The fourth-order valence-corrected chi connectivity index (χ4v) is 3.41. The average Bonchev–Trinajstić information content (AvgIpc) is 2.72. The maximum absolute atomic E-state index is 2.38. The van der Waals surface area contributed by atoms with Gasteiger partial charge in [-0.1, -0.05) is 59.2 Å². The van der Waals surface area contributed by atoms with Crippen LogP contribution >= 0.6 is 11.3 Å². The fraction of sp³-hybridized carbons (Fsp3) is 0.500. The van der Waals surface area contributed by atoms with Crippen LogP contribution in [0.5, 0.6) is 0 Å². The predicted molar refractivity (Wildman–Crippen MR) is 78.9 cm³/mol. The Kier molecular flexibility index (Phi) is 3.07. The third-order valence-corrected chi connectivity index (χ3v) is 6.06. The minimum atomic E-state index is 0.228. The Morgan fingerprint density at radius 1 is 1.06 bits per heavy atom. The number of thiophene rings is 1. The molecular weight excluding hydrogens is 224 g/mol. The molecule has 0 saturated carbocycles. The zero-order valence-corrected chi connectivity index (χ0v) is 12.3. The number of benzene rings is 1. The normalized spacial score (nSPS) is 13.2. The van der Waals surface area contributed by atoms with Crippen molar-refractivity contribution in [1.29, 1.82) is 0 Å². The molecule has 0 fully saturated rings. The summed E-state index contributed by atoms with van der Waals surface area (Å²) in [5.74, 6) is 0. The predicted octanol–water partition coefficient (Wildman–Crippen LogP) is 5.62. The Hall–Kier alpha value is -0.820. The Bertz CT molecular complexity index is 484. The summed E-state index contributed by atoms with van der Waals surface area (Å²) in [4.78, 5) is 1.51. The lowest BCUT2D eigenvalue weighted by atomic mass is 9.65. The number of hydrogen-bond donors (Lipinski definition) is 0. The van der Waals surface area contributed by atoms with E-state index in [1.165, 1.54) is 21.4 Å². The zero-order valence-electron chi connectivity index (χ0n) is 11.5. The van der Waals surface area contributed by atoms with Crippen LogP contribution in [0.15, 0.2) is 30.3 Å². The summed E-state index contributed by atoms with van der Waals surface area (Å²) in [6.07, 6.45) is 1.20. The van der Waals surface area contributed by atoms with Crippen molar-refractivity contribution in [3.05, 3.63) is 35.2 Å². The van der Waals surface area contributed by atoms with Gasteiger partial charge in [-0.25, -0.2) is 0 Å². The summed E-state index contributed by atoms with van der Waals surface area (Å²) in [5, 5.41) is 1.38.